The normalized spacial score (nSPS) is 10.7. The molecule has 0 atom stereocenters. The van der Waals surface area contributed by atoms with Gasteiger partial charge in [-0.2, -0.15) is 0 Å². The highest BCUT2D eigenvalue weighted by molar-refractivity contribution is 7.99. The lowest BCUT2D eigenvalue weighted by molar-refractivity contribution is 0.0686. The van der Waals surface area contributed by atoms with E-state index in [1.165, 1.54) is 6.20 Å². The molecule has 0 amide bonds. The van der Waals surface area contributed by atoms with Crippen LogP contribution < -0.4 is 0 Å². The lowest BCUT2D eigenvalue weighted by Gasteiger charge is -2.00. The molecule has 5 nitrogen and oxygen atoms in total. The zero-order valence-electron chi connectivity index (χ0n) is 9.61. The number of carboxylic acid groups (broad SMARTS) is 1. The quantitative estimate of drug-likeness (QED) is 0.789. The molecule has 0 fully saturated rings. The van der Waals surface area contributed by atoms with Gasteiger partial charge in [-0.25, -0.2) is 14.8 Å². The van der Waals surface area contributed by atoms with Gasteiger partial charge in [-0.05, 0) is 36.0 Å². The molecule has 19 heavy (non-hydrogen) atoms. The molecule has 3 rings (SSSR count). The maximum atomic E-state index is 11.1. The summed E-state index contributed by atoms with van der Waals surface area (Å²) in [6.45, 7) is 0. The Hall–Kier alpha value is -2.34. The topological polar surface area (TPSA) is 76.2 Å². The lowest BCUT2D eigenvalue weighted by Crippen LogP contribution is -2.01. The number of nitrogens with zero attached hydrogens (tertiary/aromatic N) is 2. The molecule has 0 aliphatic rings. The van der Waals surface area contributed by atoms with Crippen LogP contribution in [0.5, 0.6) is 0 Å². The highest BCUT2D eigenvalue weighted by Crippen LogP contribution is 2.31. The van der Waals surface area contributed by atoms with Crippen LogP contribution in [0, 0.1) is 0 Å². The number of carboxylic acids is 1. The number of aromatic nitrogens is 2. The first-order chi connectivity index (χ1) is 9.24. The summed E-state index contributed by atoms with van der Waals surface area (Å²) in [6, 6.07) is 10.7. The van der Waals surface area contributed by atoms with E-state index in [-0.39, 0.29) is 5.69 Å². The van der Waals surface area contributed by atoms with Crippen LogP contribution in [0.1, 0.15) is 10.5 Å². The van der Waals surface area contributed by atoms with Crippen LogP contribution in [-0.4, -0.2) is 21.0 Å². The largest absolute Gasteiger partial charge is 0.476 e. The predicted octanol–water partition coefficient (Wildman–Crippen LogP) is 3.07. The first-order valence-corrected chi connectivity index (χ1v) is 6.27. The molecule has 2 heterocycles. The van der Waals surface area contributed by atoms with Crippen LogP contribution >= 0.6 is 11.8 Å². The molecule has 0 spiro atoms. The van der Waals surface area contributed by atoms with Crippen molar-refractivity contribution >= 4 is 28.8 Å². The zero-order valence-corrected chi connectivity index (χ0v) is 10.4. The monoisotopic (exact) mass is 272 g/mol. The van der Waals surface area contributed by atoms with Crippen molar-refractivity contribution in [2.24, 2.45) is 0 Å². The molecular formula is C13H8N2O3S. The third-order valence-electron chi connectivity index (χ3n) is 2.44. The summed E-state index contributed by atoms with van der Waals surface area (Å²) in [4.78, 5) is 19.7. The standard InChI is InChI=1S/C13H8N2O3S/c16-12(17)11-10(6-3-7-14-11)19-13-15-8-4-1-2-5-9(8)18-13/h1-7H,(H,16,17). The van der Waals surface area contributed by atoms with Crippen molar-refractivity contribution in [3.63, 3.8) is 0 Å². The first-order valence-electron chi connectivity index (χ1n) is 5.46. The Morgan fingerprint density at radius 2 is 2.05 bits per heavy atom. The van der Waals surface area contributed by atoms with E-state index in [1.54, 1.807) is 12.1 Å². The third-order valence-corrected chi connectivity index (χ3v) is 3.34. The molecule has 6 heteroatoms. The summed E-state index contributed by atoms with van der Waals surface area (Å²) in [5.41, 5.74) is 1.41. The number of rotatable bonds is 3. The number of hydrogen-bond acceptors (Lipinski definition) is 5. The van der Waals surface area contributed by atoms with Gasteiger partial charge in [0.15, 0.2) is 11.3 Å². The van der Waals surface area contributed by atoms with Crippen LogP contribution in [0.4, 0.5) is 0 Å². The van der Waals surface area contributed by atoms with Gasteiger partial charge in [-0.3, -0.25) is 0 Å². The molecule has 0 saturated carbocycles. The average molecular weight is 272 g/mol. The average Bonchev–Trinajstić information content (AvgIpc) is 2.81. The second-order valence-corrected chi connectivity index (χ2v) is 4.70. The van der Waals surface area contributed by atoms with Crippen LogP contribution in [0.15, 0.2) is 57.1 Å². The van der Waals surface area contributed by atoms with E-state index >= 15 is 0 Å². The van der Waals surface area contributed by atoms with E-state index < -0.39 is 5.97 Å². The van der Waals surface area contributed by atoms with E-state index in [4.69, 9.17) is 9.52 Å². The molecule has 1 aromatic carbocycles. The van der Waals surface area contributed by atoms with E-state index in [2.05, 4.69) is 9.97 Å². The van der Waals surface area contributed by atoms with Gasteiger partial charge in [0.1, 0.15) is 5.52 Å². The number of para-hydroxylation sites is 2. The second-order valence-electron chi connectivity index (χ2n) is 3.70. The molecule has 1 N–H and O–H groups in total. The Balaban J connectivity index is 1.99. The summed E-state index contributed by atoms with van der Waals surface area (Å²) in [6.07, 6.45) is 1.44. The van der Waals surface area contributed by atoms with Crippen molar-refractivity contribution in [2.75, 3.05) is 0 Å². The molecule has 94 valence electrons. The number of oxazole rings is 1. The molecule has 0 aliphatic carbocycles. The van der Waals surface area contributed by atoms with E-state index in [9.17, 15) is 4.79 Å². The van der Waals surface area contributed by atoms with Gasteiger partial charge >= 0.3 is 5.97 Å². The smallest absolute Gasteiger partial charge is 0.355 e. The van der Waals surface area contributed by atoms with Crippen LogP contribution in [0.2, 0.25) is 0 Å². The minimum atomic E-state index is -1.07. The lowest BCUT2D eigenvalue weighted by atomic mass is 10.3. The molecule has 3 aromatic rings. The van der Waals surface area contributed by atoms with Crippen molar-refractivity contribution in [3.05, 3.63) is 48.3 Å². The van der Waals surface area contributed by atoms with E-state index in [1.807, 2.05) is 24.3 Å². The maximum absolute atomic E-state index is 11.1. The Morgan fingerprint density at radius 3 is 2.84 bits per heavy atom. The van der Waals surface area contributed by atoms with Crippen LogP contribution in [-0.2, 0) is 0 Å². The van der Waals surface area contributed by atoms with Crippen molar-refractivity contribution in [2.45, 2.75) is 10.1 Å². The summed E-state index contributed by atoms with van der Waals surface area (Å²) >= 11 is 1.15. The fourth-order valence-electron chi connectivity index (χ4n) is 1.62. The molecule has 0 bridgehead atoms. The number of carbonyl (C=O) groups is 1. The van der Waals surface area contributed by atoms with Gasteiger partial charge in [-0.15, -0.1) is 0 Å². The van der Waals surface area contributed by atoms with Gasteiger partial charge in [-0.1, -0.05) is 12.1 Å². The van der Waals surface area contributed by atoms with Gasteiger partial charge in [0.2, 0.25) is 0 Å². The Morgan fingerprint density at radius 1 is 1.21 bits per heavy atom. The van der Waals surface area contributed by atoms with Gasteiger partial charge in [0.25, 0.3) is 5.22 Å². The summed E-state index contributed by atoms with van der Waals surface area (Å²) in [5, 5.41) is 9.46. The first kappa shape index (κ1) is 11.7. The number of hydrogen-bond donors (Lipinski definition) is 1. The zero-order chi connectivity index (χ0) is 13.2. The fraction of sp³-hybridized carbons (Fsp3) is 0. The second kappa shape index (κ2) is 4.74. The Bertz CT molecular complexity index is 721. The molecule has 0 aliphatic heterocycles. The highest BCUT2D eigenvalue weighted by Gasteiger charge is 2.15. The van der Waals surface area contributed by atoms with Gasteiger partial charge in [0.05, 0.1) is 4.90 Å². The van der Waals surface area contributed by atoms with Crippen LogP contribution in [0.25, 0.3) is 11.1 Å². The Labute approximate surface area is 112 Å². The summed E-state index contributed by atoms with van der Waals surface area (Å²) < 4.78 is 5.54. The van der Waals surface area contributed by atoms with E-state index in [0.717, 1.165) is 17.3 Å². The third kappa shape index (κ3) is 2.30. The number of aromatic carboxylic acids is 1. The molecule has 0 saturated heterocycles. The predicted molar refractivity (Wildman–Crippen MR) is 69.3 cm³/mol. The highest BCUT2D eigenvalue weighted by atomic mass is 32.2. The van der Waals surface area contributed by atoms with Crippen molar-refractivity contribution in [1.29, 1.82) is 0 Å². The number of benzene rings is 1. The summed E-state index contributed by atoms with van der Waals surface area (Å²) in [7, 11) is 0. The molecule has 0 radical (unpaired) electrons. The van der Waals surface area contributed by atoms with Crippen LogP contribution in [0.3, 0.4) is 0 Å². The minimum Gasteiger partial charge on any atom is -0.476 e. The van der Waals surface area contributed by atoms with Crippen molar-refractivity contribution < 1.29 is 14.3 Å². The Kier molecular flexibility index (Phi) is 2.92. The maximum Gasteiger partial charge on any atom is 0.355 e. The number of fused-ring (bicyclic) bond motifs is 1. The van der Waals surface area contributed by atoms with E-state index in [0.29, 0.717) is 15.7 Å². The van der Waals surface area contributed by atoms with Crippen molar-refractivity contribution in [3.8, 4) is 0 Å². The number of pyridine rings is 1. The fourth-order valence-corrected chi connectivity index (χ4v) is 2.47. The van der Waals surface area contributed by atoms with Gasteiger partial charge in [0, 0.05) is 6.20 Å². The SMILES string of the molecule is O=C(O)c1ncccc1Sc1nc2ccccc2o1. The van der Waals surface area contributed by atoms with Gasteiger partial charge < -0.3 is 9.52 Å². The van der Waals surface area contributed by atoms with Crippen molar-refractivity contribution in [1.82, 2.24) is 9.97 Å². The molecule has 2 aromatic heterocycles. The molecule has 0 unspecified atom stereocenters. The minimum absolute atomic E-state index is 0.00486. The molecular weight excluding hydrogens is 264 g/mol. The summed E-state index contributed by atoms with van der Waals surface area (Å²) in [5.74, 6) is -1.07.